The van der Waals surface area contributed by atoms with E-state index in [1.807, 2.05) is 36.7 Å². The Morgan fingerprint density at radius 3 is 2.46 bits per heavy atom. The molecule has 0 unspecified atom stereocenters. The quantitative estimate of drug-likeness (QED) is 0.601. The van der Waals surface area contributed by atoms with Crippen molar-refractivity contribution in [2.75, 3.05) is 6.26 Å². The lowest BCUT2D eigenvalue weighted by Crippen LogP contribution is -2.01. The van der Waals surface area contributed by atoms with Crippen LogP contribution in [0.1, 0.15) is 28.1 Å². The molecule has 1 heterocycles. The Morgan fingerprint density at radius 1 is 1.12 bits per heavy atom. The summed E-state index contributed by atoms with van der Waals surface area (Å²) >= 11 is 1.74. The summed E-state index contributed by atoms with van der Waals surface area (Å²) in [6, 6.07) is 15.7. The molecule has 1 aromatic heterocycles. The first-order valence-electron chi connectivity index (χ1n) is 8.36. The van der Waals surface area contributed by atoms with E-state index in [4.69, 9.17) is 10.00 Å². The summed E-state index contributed by atoms with van der Waals surface area (Å²) in [6.07, 6.45) is 2.08. The second kappa shape index (κ2) is 7.67. The lowest BCUT2D eigenvalue weighted by molar-refractivity contribution is 0.304. The molecular weight excluding hydrogens is 342 g/mol. The van der Waals surface area contributed by atoms with Crippen LogP contribution in [0.3, 0.4) is 0 Å². The second-order valence-corrected chi connectivity index (χ2v) is 6.99. The van der Waals surface area contributed by atoms with Crippen LogP contribution >= 0.6 is 11.8 Å². The fourth-order valence-corrected chi connectivity index (χ4v) is 3.49. The zero-order valence-corrected chi connectivity index (χ0v) is 16.2. The number of hydrogen-bond acceptors (Lipinski definition) is 4. The monoisotopic (exact) mass is 363 g/mol. The van der Waals surface area contributed by atoms with Crippen molar-refractivity contribution in [2.24, 2.45) is 0 Å². The summed E-state index contributed by atoms with van der Waals surface area (Å²) in [5.41, 5.74) is 5.88. The van der Waals surface area contributed by atoms with Gasteiger partial charge in [-0.3, -0.25) is 0 Å². The number of hydrogen-bond donors (Lipinski definition) is 0. The lowest BCUT2D eigenvalue weighted by atomic mass is 10.2. The van der Waals surface area contributed by atoms with Crippen LogP contribution in [0, 0.1) is 32.1 Å². The van der Waals surface area contributed by atoms with Gasteiger partial charge in [-0.2, -0.15) is 10.4 Å². The third-order valence-corrected chi connectivity index (χ3v) is 5.33. The minimum Gasteiger partial charge on any atom is -0.489 e. The van der Waals surface area contributed by atoms with Crippen LogP contribution < -0.4 is 4.74 Å². The zero-order valence-electron chi connectivity index (χ0n) is 15.4. The Labute approximate surface area is 158 Å². The molecule has 0 radical (unpaired) electrons. The highest BCUT2D eigenvalue weighted by Crippen LogP contribution is 2.26. The summed E-state index contributed by atoms with van der Waals surface area (Å²) in [5, 5.41) is 13.6. The summed E-state index contributed by atoms with van der Waals surface area (Å²) in [4.78, 5) is 1.26. The Hall–Kier alpha value is -2.71. The topological polar surface area (TPSA) is 50.8 Å². The minimum absolute atomic E-state index is 0.478. The third kappa shape index (κ3) is 3.61. The predicted molar refractivity (Wildman–Crippen MR) is 105 cm³/mol. The predicted octanol–water partition coefficient (Wildman–Crippen LogP) is 4.97. The lowest BCUT2D eigenvalue weighted by Gasteiger charge is -2.10. The Bertz CT molecular complexity index is 968. The van der Waals surface area contributed by atoms with E-state index >= 15 is 0 Å². The van der Waals surface area contributed by atoms with Gasteiger partial charge in [0.15, 0.2) is 0 Å². The molecule has 26 heavy (non-hydrogen) atoms. The molecule has 0 saturated heterocycles. The molecule has 3 aromatic rings. The molecule has 0 atom stereocenters. The Kier molecular flexibility index (Phi) is 5.34. The molecule has 2 aromatic carbocycles. The fourth-order valence-electron chi connectivity index (χ4n) is 2.91. The van der Waals surface area contributed by atoms with Crippen molar-refractivity contribution >= 4 is 11.8 Å². The maximum Gasteiger partial charge on any atom is 0.120 e. The third-order valence-electron chi connectivity index (χ3n) is 4.43. The van der Waals surface area contributed by atoms with Crippen molar-refractivity contribution in [3.8, 4) is 17.5 Å². The van der Waals surface area contributed by atoms with E-state index in [1.165, 1.54) is 10.5 Å². The molecule has 0 aliphatic heterocycles. The van der Waals surface area contributed by atoms with E-state index in [9.17, 15) is 0 Å². The van der Waals surface area contributed by atoms with Gasteiger partial charge in [0.05, 0.1) is 23.0 Å². The molecule has 0 N–H and O–H groups in total. The maximum absolute atomic E-state index is 8.94. The van der Waals surface area contributed by atoms with E-state index in [1.54, 1.807) is 23.9 Å². The molecule has 3 rings (SSSR count). The van der Waals surface area contributed by atoms with Crippen LogP contribution in [0.5, 0.6) is 5.75 Å². The standard InChI is InChI=1S/C21H21N3OS/c1-14-11-19(9-10-21(14)26-4)25-13-20-15(2)23-24(16(20)3)18-7-5-17(12-22)6-8-18/h5-11H,13H2,1-4H3. The Morgan fingerprint density at radius 2 is 1.85 bits per heavy atom. The average molecular weight is 363 g/mol. The summed E-state index contributed by atoms with van der Waals surface area (Å²) in [6.45, 7) is 6.61. The van der Waals surface area contributed by atoms with Crippen molar-refractivity contribution in [3.63, 3.8) is 0 Å². The van der Waals surface area contributed by atoms with Gasteiger partial charge in [0.2, 0.25) is 0 Å². The van der Waals surface area contributed by atoms with Crippen LogP contribution in [0.2, 0.25) is 0 Å². The minimum atomic E-state index is 0.478. The van der Waals surface area contributed by atoms with Crippen LogP contribution in [0.15, 0.2) is 47.4 Å². The van der Waals surface area contributed by atoms with Gasteiger partial charge in [0.1, 0.15) is 12.4 Å². The molecule has 0 fully saturated rings. The fraction of sp³-hybridized carbons (Fsp3) is 0.238. The zero-order chi connectivity index (χ0) is 18.7. The van der Waals surface area contributed by atoms with Gasteiger partial charge in [-0.25, -0.2) is 4.68 Å². The second-order valence-electron chi connectivity index (χ2n) is 6.14. The van der Waals surface area contributed by atoms with Gasteiger partial charge in [-0.05, 0) is 75.1 Å². The highest BCUT2D eigenvalue weighted by atomic mass is 32.2. The normalized spacial score (nSPS) is 10.6. The van der Waals surface area contributed by atoms with Crippen molar-refractivity contribution in [2.45, 2.75) is 32.3 Å². The van der Waals surface area contributed by atoms with Gasteiger partial charge in [-0.15, -0.1) is 11.8 Å². The average Bonchev–Trinajstić information content (AvgIpc) is 2.94. The molecule has 0 aliphatic rings. The maximum atomic E-state index is 8.94. The number of nitriles is 1. The number of rotatable bonds is 5. The number of aromatic nitrogens is 2. The van der Waals surface area contributed by atoms with Crippen molar-refractivity contribution in [3.05, 3.63) is 70.5 Å². The van der Waals surface area contributed by atoms with Gasteiger partial charge >= 0.3 is 0 Å². The molecule has 0 amide bonds. The van der Waals surface area contributed by atoms with Gasteiger partial charge in [0, 0.05) is 16.2 Å². The molecule has 5 heteroatoms. The van der Waals surface area contributed by atoms with Gasteiger partial charge < -0.3 is 4.74 Å². The van der Waals surface area contributed by atoms with Gasteiger partial charge in [-0.1, -0.05) is 0 Å². The Balaban J connectivity index is 1.82. The number of aryl methyl sites for hydroxylation is 2. The molecular formula is C21H21N3OS. The number of nitrogens with zero attached hydrogens (tertiary/aromatic N) is 3. The number of benzene rings is 2. The van der Waals surface area contributed by atoms with Crippen LogP contribution in [-0.4, -0.2) is 16.0 Å². The first-order chi connectivity index (χ1) is 12.5. The van der Waals surface area contributed by atoms with Crippen molar-refractivity contribution < 1.29 is 4.74 Å². The van der Waals surface area contributed by atoms with Crippen LogP contribution in [0.4, 0.5) is 0 Å². The molecule has 0 aliphatic carbocycles. The first-order valence-corrected chi connectivity index (χ1v) is 9.59. The van der Waals surface area contributed by atoms with E-state index in [0.717, 1.165) is 28.4 Å². The van der Waals surface area contributed by atoms with Crippen LogP contribution in [-0.2, 0) is 6.61 Å². The number of thioether (sulfide) groups is 1. The molecule has 0 saturated carbocycles. The first kappa shape index (κ1) is 18.1. The molecule has 0 bridgehead atoms. The largest absolute Gasteiger partial charge is 0.489 e. The van der Waals surface area contributed by atoms with E-state index in [-0.39, 0.29) is 0 Å². The van der Waals surface area contributed by atoms with E-state index < -0.39 is 0 Å². The summed E-state index contributed by atoms with van der Waals surface area (Å²) in [7, 11) is 0. The highest BCUT2D eigenvalue weighted by Gasteiger charge is 2.14. The smallest absolute Gasteiger partial charge is 0.120 e. The van der Waals surface area contributed by atoms with Crippen LogP contribution in [0.25, 0.3) is 5.69 Å². The van der Waals surface area contributed by atoms with Crippen molar-refractivity contribution in [1.82, 2.24) is 9.78 Å². The molecule has 0 spiro atoms. The highest BCUT2D eigenvalue weighted by molar-refractivity contribution is 7.98. The SMILES string of the molecule is CSc1ccc(OCc2c(C)nn(-c3ccc(C#N)cc3)c2C)cc1C. The van der Waals surface area contributed by atoms with E-state index in [0.29, 0.717) is 12.2 Å². The molecule has 132 valence electrons. The molecule has 4 nitrogen and oxygen atoms in total. The summed E-state index contributed by atoms with van der Waals surface area (Å²) in [5.74, 6) is 0.866. The summed E-state index contributed by atoms with van der Waals surface area (Å²) < 4.78 is 7.91. The number of ether oxygens (including phenoxy) is 1. The van der Waals surface area contributed by atoms with E-state index in [2.05, 4.69) is 36.5 Å². The van der Waals surface area contributed by atoms with Gasteiger partial charge in [0.25, 0.3) is 0 Å². The van der Waals surface area contributed by atoms with Crippen molar-refractivity contribution in [1.29, 1.82) is 5.26 Å².